The van der Waals surface area contributed by atoms with E-state index in [1.54, 1.807) is 46.2 Å². The average Bonchev–Trinajstić information content (AvgIpc) is 3.06. The van der Waals surface area contributed by atoms with Crippen molar-refractivity contribution in [3.05, 3.63) is 70.4 Å². The van der Waals surface area contributed by atoms with Gasteiger partial charge in [-0.05, 0) is 17.7 Å². The van der Waals surface area contributed by atoms with Crippen molar-refractivity contribution in [2.75, 3.05) is 11.9 Å². The third kappa shape index (κ3) is 4.14. The summed E-state index contributed by atoms with van der Waals surface area (Å²) in [6, 6.07) is 8.29. The number of carbonyl (C=O) groups is 1. The van der Waals surface area contributed by atoms with Crippen molar-refractivity contribution in [2.24, 2.45) is 5.73 Å². The minimum absolute atomic E-state index is 0.188. The van der Waals surface area contributed by atoms with Crippen LogP contribution in [-0.2, 0) is 13.0 Å². The molecule has 1 amide bonds. The molecule has 0 aliphatic carbocycles. The summed E-state index contributed by atoms with van der Waals surface area (Å²) in [6.45, 7) is 1.07. The highest BCUT2D eigenvalue weighted by molar-refractivity contribution is 5.82. The van der Waals surface area contributed by atoms with Crippen LogP contribution >= 0.6 is 0 Å². The molecule has 2 heterocycles. The Labute approximate surface area is 148 Å². The van der Waals surface area contributed by atoms with Crippen LogP contribution in [0.25, 0.3) is 5.69 Å². The molecule has 0 saturated carbocycles. The van der Waals surface area contributed by atoms with Crippen LogP contribution in [0, 0.1) is 0 Å². The Morgan fingerprint density at radius 2 is 2.15 bits per heavy atom. The molecule has 9 heteroatoms. The third-order valence-electron chi connectivity index (χ3n) is 3.67. The van der Waals surface area contributed by atoms with Gasteiger partial charge in [0.1, 0.15) is 11.4 Å². The number of aromatic nitrogens is 4. The summed E-state index contributed by atoms with van der Waals surface area (Å²) in [5, 5.41) is 19.7. The van der Waals surface area contributed by atoms with Gasteiger partial charge in [0.15, 0.2) is 0 Å². The van der Waals surface area contributed by atoms with Crippen molar-refractivity contribution < 1.29 is 9.90 Å². The number of amides is 1. The van der Waals surface area contributed by atoms with E-state index >= 15 is 0 Å². The van der Waals surface area contributed by atoms with Crippen LogP contribution in [0.2, 0.25) is 0 Å². The summed E-state index contributed by atoms with van der Waals surface area (Å²) in [6.07, 6.45) is 4.17. The monoisotopic (exact) mass is 354 g/mol. The molecule has 0 unspecified atom stereocenters. The number of nitrogens with zero attached hydrogens (tertiary/aromatic N) is 4. The minimum atomic E-state index is -1.14. The summed E-state index contributed by atoms with van der Waals surface area (Å²) in [4.78, 5) is 22.9. The number of hydrogen-bond acceptors (Lipinski definition) is 5. The minimum Gasteiger partial charge on any atom is -0.465 e. The molecule has 3 rings (SSSR count). The van der Waals surface area contributed by atoms with Gasteiger partial charge in [0.25, 0.3) is 0 Å². The van der Waals surface area contributed by atoms with E-state index in [2.05, 4.69) is 15.5 Å². The van der Waals surface area contributed by atoms with Gasteiger partial charge in [-0.1, -0.05) is 12.1 Å². The number of carboxylic acid groups (broad SMARTS) is 1. The van der Waals surface area contributed by atoms with Crippen LogP contribution in [-0.4, -0.2) is 37.3 Å². The molecule has 0 atom stereocenters. The lowest BCUT2D eigenvalue weighted by Crippen LogP contribution is -2.16. The Morgan fingerprint density at radius 1 is 1.31 bits per heavy atom. The Hall–Kier alpha value is -3.46. The number of anilines is 1. The first kappa shape index (κ1) is 17.4. The number of nitrogens with one attached hydrogen (secondary N) is 1. The summed E-state index contributed by atoms with van der Waals surface area (Å²) in [5.74, 6) is 0. The van der Waals surface area contributed by atoms with Crippen molar-refractivity contribution in [3.63, 3.8) is 0 Å². The zero-order valence-corrected chi connectivity index (χ0v) is 13.9. The van der Waals surface area contributed by atoms with Crippen molar-refractivity contribution in [3.8, 4) is 5.69 Å². The number of nitrogens with two attached hydrogens (primary N) is 1. The second-order valence-corrected chi connectivity index (χ2v) is 5.63. The van der Waals surface area contributed by atoms with Gasteiger partial charge in [-0.3, -0.25) is 14.8 Å². The van der Waals surface area contributed by atoms with Gasteiger partial charge >= 0.3 is 6.09 Å². The van der Waals surface area contributed by atoms with Crippen LogP contribution in [0.4, 0.5) is 10.5 Å². The Balaban J connectivity index is 1.86. The van der Waals surface area contributed by atoms with E-state index in [9.17, 15) is 9.59 Å². The predicted molar refractivity (Wildman–Crippen MR) is 95.6 cm³/mol. The lowest BCUT2D eigenvalue weighted by Gasteiger charge is -2.07. The van der Waals surface area contributed by atoms with Crippen molar-refractivity contribution >= 4 is 11.8 Å². The first-order valence-corrected chi connectivity index (χ1v) is 7.96. The SMILES string of the molecule is NCCn1cc(-n2ccc(=O)c(Cc3cccc(NC(=O)O)c3)n2)cn1. The topological polar surface area (TPSA) is 128 Å². The van der Waals surface area contributed by atoms with Gasteiger partial charge in [0.05, 0.1) is 18.9 Å². The molecule has 134 valence electrons. The lowest BCUT2D eigenvalue weighted by molar-refractivity contribution is 0.210. The van der Waals surface area contributed by atoms with Crippen LogP contribution in [0.3, 0.4) is 0 Å². The van der Waals surface area contributed by atoms with Crippen molar-refractivity contribution in [1.29, 1.82) is 0 Å². The molecule has 9 nitrogen and oxygen atoms in total. The summed E-state index contributed by atoms with van der Waals surface area (Å²) < 4.78 is 3.28. The molecule has 0 spiro atoms. The maximum Gasteiger partial charge on any atom is 0.409 e. The van der Waals surface area contributed by atoms with Crippen LogP contribution in [0.1, 0.15) is 11.3 Å². The molecule has 0 fully saturated rings. The Bertz CT molecular complexity index is 978. The molecule has 0 aliphatic heterocycles. The van der Waals surface area contributed by atoms with E-state index in [-0.39, 0.29) is 11.8 Å². The van der Waals surface area contributed by atoms with Gasteiger partial charge < -0.3 is 10.8 Å². The normalized spacial score (nSPS) is 10.7. The van der Waals surface area contributed by atoms with Crippen LogP contribution in [0.5, 0.6) is 0 Å². The number of benzene rings is 1. The van der Waals surface area contributed by atoms with Gasteiger partial charge in [0, 0.05) is 30.9 Å². The molecule has 4 N–H and O–H groups in total. The van der Waals surface area contributed by atoms with E-state index in [4.69, 9.17) is 10.8 Å². The molecule has 0 radical (unpaired) electrons. The van der Waals surface area contributed by atoms with E-state index in [1.807, 2.05) is 6.07 Å². The van der Waals surface area contributed by atoms with E-state index in [0.717, 1.165) is 11.3 Å². The molecule has 3 aromatic rings. The molecule has 26 heavy (non-hydrogen) atoms. The van der Waals surface area contributed by atoms with E-state index in [0.29, 0.717) is 24.5 Å². The Morgan fingerprint density at radius 3 is 2.92 bits per heavy atom. The lowest BCUT2D eigenvalue weighted by atomic mass is 10.1. The van der Waals surface area contributed by atoms with Crippen LogP contribution < -0.4 is 16.5 Å². The van der Waals surface area contributed by atoms with Crippen molar-refractivity contribution in [2.45, 2.75) is 13.0 Å². The first-order chi connectivity index (χ1) is 12.5. The quantitative estimate of drug-likeness (QED) is 0.607. The van der Waals surface area contributed by atoms with E-state index in [1.165, 1.54) is 6.07 Å². The highest BCUT2D eigenvalue weighted by Crippen LogP contribution is 2.13. The number of rotatable bonds is 6. The smallest absolute Gasteiger partial charge is 0.409 e. The number of hydrogen-bond donors (Lipinski definition) is 3. The maximum atomic E-state index is 12.2. The summed E-state index contributed by atoms with van der Waals surface area (Å²) >= 11 is 0. The summed E-state index contributed by atoms with van der Waals surface area (Å²) in [5.41, 5.74) is 7.62. The van der Waals surface area contributed by atoms with Gasteiger partial charge in [-0.15, -0.1) is 0 Å². The molecular formula is C17H18N6O3. The van der Waals surface area contributed by atoms with Crippen LogP contribution in [0.15, 0.2) is 53.7 Å². The highest BCUT2D eigenvalue weighted by atomic mass is 16.4. The van der Waals surface area contributed by atoms with E-state index < -0.39 is 6.09 Å². The largest absolute Gasteiger partial charge is 0.465 e. The van der Waals surface area contributed by atoms with Gasteiger partial charge in [-0.25, -0.2) is 9.48 Å². The second-order valence-electron chi connectivity index (χ2n) is 5.63. The molecular weight excluding hydrogens is 336 g/mol. The fourth-order valence-corrected chi connectivity index (χ4v) is 2.51. The average molecular weight is 354 g/mol. The highest BCUT2D eigenvalue weighted by Gasteiger charge is 2.08. The standard InChI is InChI=1S/C17H18N6O3/c18-5-7-22-11-14(10-19-22)23-6-4-16(24)15(21-23)9-12-2-1-3-13(8-12)20-17(25)26/h1-4,6,8,10-11,20H,5,7,9,18H2,(H,25,26). The Kier molecular flexibility index (Phi) is 5.09. The molecule has 2 aromatic heterocycles. The molecule has 0 aliphatic rings. The first-order valence-electron chi connectivity index (χ1n) is 7.96. The molecule has 1 aromatic carbocycles. The third-order valence-corrected chi connectivity index (χ3v) is 3.67. The second kappa shape index (κ2) is 7.62. The van der Waals surface area contributed by atoms with Gasteiger partial charge in [-0.2, -0.15) is 10.2 Å². The van der Waals surface area contributed by atoms with Gasteiger partial charge in [0.2, 0.25) is 5.43 Å². The predicted octanol–water partition coefficient (Wildman–Crippen LogP) is 1.07. The molecule has 0 saturated heterocycles. The summed E-state index contributed by atoms with van der Waals surface area (Å²) in [7, 11) is 0. The maximum absolute atomic E-state index is 12.2. The zero-order valence-electron chi connectivity index (χ0n) is 13.9. The molecule has 0 bridgehead atoms. The fraction of sp³-hybridized carbons (Fsp3) is 0.176. The van der Waals surface area contributed by atoms with Crippen molar-refractivity contribution in [1.82, 2.24) is 19.6 Å². The zero-order chi connectivity index (χ0) is 18.5. The fourth-order valence-electron chi connectivity index (χ4n) is 2.51.